The van der Waals surface area contributed by atoms with E-state index in [-0.39, 0.29) is 11.6 Å². The van der Waals surface area contributed by atoms with Gasteiger partial charge < -0.3 is 4.74 Å². The SMILES string of the molecule is CCCCOCCc1cc(F)c(C)cc1F. The van der Waals surface area contributed by atoms with E-state index >= 15 is 0 Å². The van der Waals surface area contributed by atoms with Crippen LogP contribution in [-0.4, -0.2) is 13.2 Å². The van der Waals surface area contributed by atoms with Crippen molar-refractivity contribution in [1.82, 2.24) is 0 Å². The van der Waals surface area contributed by atoms with Crippen LogP contribution in [0, 0.1) is 18.6 Å². The third-order valence-corrected chi connectivity index (χ3v) is 2.49. The normalized spacial score (nSPS) is 10.8. The van der Waals surface area contributed by atoms with Gasteiger partial charge in [-0.25, -0.2) is 8.78 Å². The Morgan fingerprint density at radius 3 is 2.56 bits per heavy atom. The number of hydrogen-bond acceptors (Lipinski definition) is 1. The fourth-order valence-corrected chi connectivity index (χ4v) is 1.41. The first-order valence-corrected chi connectivity index (χ1v) is 5.67. The van der Waals surface area contributed by atoms with Gasteiger partial charge in [0.1, 0.15) is 11.6 Å². The minimum Gasteiger partial charge on any atom is -0.381 e. The van der Waals surface area contributed by atoms with E-state index in [0.29, 0.717) is 30.8 Å². The second-order valence-electron chi connectivity index (χ2n) is 3.91. The molecule has 1 rings (SSSR count). The Kier molecular flexibility index (Phi) is 5.39. The Labute approximate surface area is 95.4 Å². The van der Waals surface area contributed by atoms with Crippen LogP contribution in [-0.2, 0) is 11.2 Å². The lowest BCUT2D eigenvalue weighted by molar-refractivity contribution is 0.133. The molecule has 0 aromatic heterocycles. The van der Waals surface area contributed by atoms with Crippen LogP contribution in [0.2, 0.25) is 0 Å². The molecule has 1 nitrogen and oxygen atoms in total. The van der Waals surface area contributed by atoms with Crippen molar-refractivity contribution in [2.45, 2.75) is 33.1 Å². The third-order valence-electron chi connectivity index (χ3n) is 2.49. The highest BCUT2D eigenvalue weighted by molar-refractivity contribution is 5.25. The van der Waals surface area contributed by atoms with Gasteiger partial charge >= 0.3 is 0 Å². The molecule has 0 fully saturated rings. The van der Waals surface area contributed by atoms with Crippen molar-refractivity contribution >= 4 is 0 Å². The summed E-state index contributed by atoms with van der Waals surface area (Å²) in [5.74, 6) is -0.706. The standard InChI is InChI=1S/C13H18F2O/c1-3-4-6-16-7-5-11-9-12(14)10(2)8-13(11)15/h8-9H,3-7H2,1-2H3. The van der Waals surface area contributed by atoms with E-state index in [9.17, 15) is 8.78 Å². The summed E-state index contributed by atoms with van der Waals surface area (Å²) in [4.78, 5) is 0. The van der Waals surface area contributed by atoms with Crippen LogP contribution < -0.4 is 0 Å². The van der Waals surface area contributed by atoms with E-state index < -0.39 is 0 Å². The molecule has 0 radical (unpaired) electrons. The summed E-state index contributed by atoms with van der Waals surface area (Å²) in [6.07, 6.45) is 2.50. The van der Waals surface area contributed by atoms with Crippen molar-refractivity contribution in [2.24, 2.45) is 0 Å². The molecule has 0 bridgehead atoms. The highest BCUT2D eigenvalue weighted by Gasteiger charge is 2.06. The number of hydrogen-bond donors (Lipinski definition) is 0. The first-order chi connectivity index (χ1) is 7.65. The van der Waals surface area contributed by atoms with Gasteiger partial charge in [0.25, 0.3) is 0 Å². The van der Waals surface area contributed by atoms with E-state index in [2.05, 4.69) is 6.92 Å². The summed E-state index contributed by atoms with van der Waals surface area (Å²) in [5, 5.41) is 0. The van der Waals surface area contributed by atoms with Gasteiger partial charge in [-0.05, 0) is 43.0 Å². The fraction of sp³-hybridized carbons (Fsp3) is 0.538. The molecule has 0 atom stereocenters. The first-order valence-electron chi connectivity index (χ1n) is 5.67. The van der Waals surface area contributed by atoms with Gasteiger partial charge in [0.15, 0.2) is 0 Å². The average Bonchev–Trinajstić information content (AvgIpc) is 2.25. The van der Waals surface area contributed by atoms with E-state index in [1.54, 1.807) is 6.92 Å². The van der Waals surface area contributed by atoms with E-state index in [1.165, 1.54) is 12.1 Å². The number of halogens is 2. The molecule has 0 heterocycles. The molecule has 1 aromatic rings. The minimum atomic E-state index is -0.357. The molecule has 0 unspecified atom stereocenters. The van der Waals surface area contributed by atoms with Crippen molar-refractivity contribution in [3.63, 3.8) is 0 Å². The molecule has 0 aliphatic heterocycles. The molecular formula is C13H18F2O. The predicted molar refractivity (Wildman–Crippen MR) is 60.5 cm³/mol. The number of unbranched alkanes of at least 4 members (excludes halogenated alkanes) is 1. The van der Waals surface area contributed by atoms with E-state index in [0.717, 1.165) is 12.8 Å². The van der Waals surface area contributed by atoms with E-state index in [1.807, 2.05) is 0 Å². The molecule has 0 saturated heterocycles. The third kappa shape index (κ3) is 3.89. The molecule has 3 heteroatoms. The Hall–Kier alpha value is -0.960. The zero-order valence-electron chi connectivity index (χ0n) is 9.85. The molecule has 0 N–H and O–H groups in total. The smallest absolute Gasteiger partial charge is 0.126 e. The number of aryl methyl sites for hydroxylation is 1. The van der Waals surface area contributed by atoms with Crippen molar-refractivity contribution in [1.29, 1.82) is 0 Å². The van der Waals surface area contributed by atoms with Gasteiger partial charge in [0.05, 0.1) is 6.61 Å². The van der Waals surface area contributed by atoms with Crippen LogP contribution >= 0.6 is 0 Å². The Morgan fingerprint density at radius 1 is 1.12 bits per heavy atom. The second kappa shape index (κ2) is 6.59. The predicted octanol–water partition coefficient (Wildman–Crippen LogP) is 3.63. The van der Waals surface area contributed by atoms with Crippen molar-refractivity contribution in [3.8, 4) is 0 Å². The molecule has 16 heavy (non-hydrogen) atoms. The lowest BCUT2D eigenvalue weighted by Crippen LogP contribution is -2.03. The Balaban J connectivity index is 2.45. The van der Waals surface area contributed by atoms with Gasteiger partial charge in [0, 0.05) is 6.61 Å². The molecule has 0 aliphatic carbocycles. The zero-order chi connectivity index (χ0) is 12.0. The quantitative estimate of drug-likeness (QED) is 0.675. The minimum absolute atomic E-state index is 0.341. The summed E-state index contributed by atoms with van der Waals surface area (Å²) in [6.45, 7) is 4.77. The second-order valence-corrected chi connectivity index (χ2v) is 3.91. The van der Waals surface area contributed by atoms with Crippen LogP contribution in [0.1, 0.15) is 30.9 Å². The van der Waals surface area contributed by atoms with Crippen LogP contribution in [0.4, 0.5) is 8.78 Å². The highest BCUT2D eigenvalue weighted by atomic mass is 19.1. The van der Waals surface area contributed by atoms with Crippen LogP contribution in [0.15, 0.2) is 12.1 Å². The first kappa shape index (κ1) is 13.1. The fourth-order valence-electron chi connectivity index (χ4n) is 1.41. The largest absolute Gasteiger partial charge is 0.381 e. The summed E-state index contributed by atoms with van der Waals surface area (Å²) in [6, 6.07) is 2.49. The average molecular weight is 228 g/mol. The maximum Gasteiger partial charge on any atom is 0.126 e. The monoisotopic (exact) mass is 228 g/mol. The Morgan fingerprint density at radius 2 is 1.88 bits per heavy atom. The van der Waals surface area contributed by atoms with Crippen molar-refractivity contribution in [3.05, 3.63) is 34.9 Å². The topological polar surface area (TPSA) is 9.23 Å². The summed E-state index contributed by atoms with van der Waals surface area (Å²) >= 11 is 0. The molecular weight excluding hydrogens is 210 g/mol. The van der Waals surface area contributed by atoms with Gasteiger partial charge in [0.2, 0.25) is 0 Å². The van der Waals surface area contributed by atoms with Gasteiger partial charge in [-0.3, -0.25) is 0 Å². The van der Waals surface area contributed by atoms with E-state index in [4.69, 9.17) is 4.74 Å². The molecule has 0 saturated carbocycles. The van der Waals surface area contributed by atoms with Crippen LogP contribution in [0.3, 0.4) is 0 Å². The summed E-state index contributed by atoms with van der Waals surface area (Å²) in [5.41, 5.74) is 0.729. The number of rotatable bonds is 6. The van der Waals surface area contributed by atoms with Crippen LogP contribution in [0.5, 0.6) is 0 Å². The number of ether oxygens (including phenoxy) is 1. The van der Waals surface area contributed by atoms with Crippen molar-refractivity contribution in [2.75, 3.05) is 13.2 Å². The van der Waals surface area contributed by atoms with Crippen molar-refractivity contribution < 1.29 is 13.5 Å². The zero-order valence-corrected chi connectivity index (χ0v) is 9.85. The molecule has 90 valence electrons. The molecule has 1 aromatic carbocycles. The van der Waals surface area contributed by atoms with Gasteiger partial charge in [-0.15, -0.1) is 0 Å². The lowest BCUT2D eigenvalue weighted by Gasteiger charge is -2.06. The maximum atomic E-state index is 13.4. The van der Waals surface area contributed by atoms with Crippen LogP contribution in [0.25, 0.3) is 0 Å². The number of benzene rings is 1. The van der Waals surface area contributed by atoms with Gasteiger partial charge in [-0.2, -0.15) is 0 Å². The molecule has 0 spiro atoms. The summed E-state index contributed by atoms with van der Waals surface area (Å²) < 4.78 is 31.9. The van der Waals surface area contributed by atoms with Gasteiger partial charge in [-0.1, -0.05) is 13.3 Å². The molecule has 0 amide bonds. The maximum absolute atomic E-state index is 13.4. The highest BCUT2D eigenvalue weighted by Crippen LogP contribution is 2.14. The Bertz CT molecular complexity index is 337. The summed E-state index contributed by atoms with van der Waals surface area (Å²) in [7, 11) is 0. The molecule has 0 aliphatic rings. The lowest BCUT2D eigenvalue weighted by atomic mass is 10.1.